The number of hydrogen-bond donors (Lipinski definition) is 1. The van der Waals surface area contributed by atoms with Gasteiger partial charge in [0, 0.05) is 17.7 Å². The fourth-order valence-corrected chi connectivity index (χ4v) is 3.71. The average Bonchev–Trinajstić information content (AvgIpc) is 3.24. The van der Waals surface area contributed by atoms with Crippen LogP contribution in [0.4, 0.5) is 19.0 Å². The molecule has 1 aromatic heterocycles. The van der Waals surface area contributed by atoms with Crippen LogP contribution in [-0.4, -0.2) is 16.3 Å². The van der Waals surface area contributed by atoms with E-state index in [-0.39, 0.29) is 5.02 Å². The molecular formula is C20H17ClF3N3. The molecule has 4 rings (SSSR count). The summed E-state index contributed by atoms with van der Waals surface area (Å²) >= 11 is 5.77. The molecule has 0 saturated heterocycles. The van der Waals surface area contributed by atoms with Crippen LogP contribution in [0.15, 0.2) is 42.5 Å². The van der Waals surface area contributed by atoms with Crippen LogP contribution in [-0.2, 0) is 19.0 Å². The van der Waals surface area contributed by atoms with E-state index in [1.165, 1.54) is 6.07 Å². The van der Waals surface area contributed by atoms with Gasteiger partial charge in [0.05, 0.1) is 22.0 Å². The first-order chi connectivity index (χ1) is 12.9. The summed E-state index contributed by atoms with van der Waals surface area (Å²) in [6.07, 6.45) is -2.96. The highest BCUT2D eigenvalue weighted by Gasteiger charge is 2.34. The molecule has 0 amide bonds. The van der Waals surface area contributed by atoms with Crippen molar-refractivity contribution in [1.29, 1.82) is 0 Å². The van der Waals surface area contributed by atoms with Crippen LogP contribution in [0.25, 0.3) is 16.9 Å². The molecule has 0 spiro atoms. The maximum Gasteiger partial charge on any atom is 0.417 e. The van der Waals surface area contributed by atoms with Crippen LogP contribution >= 0.6 is 11.6 Å². The van der Waals surface area contributed by atoms with Crippen LogP contribution < -0.4 is 5.32 Å². The quantitative estimate of drug-likeness (QED) is 0.616. The van der Waals surface area contributed by atoms with Gasteiger partial charge in [-0.2, -0.15) is 18.3 Å². The summed E-state index contributed by atoms with van der Waals surface area (Å²) in [5, 5.41) is 7.69. The van der Waals surface area contributed by atoms with E-state index in [9.17, 15) is 13.2 Å². The lowest BCUT2D eigenvalue weighted by Gasteiger charge is -2.11. The highest BCUT2D eigenvalue weighted by molar-refractivity contribution is 6.31. The Labute approximate surface area is 159 Å². The van der Waals surface area contributed by atoms with Crippen molar-refractivity contribution in [2.45, 2.75) is 25.9 Å². The van der Waals surface area contributed by atoms with Crippen LogP contribution in [0.1, 0.15) is 23.6 Å². The number of aromatic nitrogens is 2. The fraction of sp³-hybridized carbons (Fsp3) is 0.250. The van der Waals surface area contributed by atoms with Crippen LogP contribution in [0.2, 0.25) is 5.02 Å². The Morgan fingerprint density at radius 2 is 1.96 bits per heavy atom. The minimum atomic E-state index is -4.51. The number of anilines is 1. The van der Waals surface area contributed by atoms with Crippen molar-refractivity contribution < 1.29 is 13.2 Å². The molecule has 0 radical (unpaired) electrons. The zero-order valence-corrected chi connectivity index (χ0v) is 15.3. The smallest absolute Gasteiger partial charge is 0.369 e. The molecule has 1 aliphatic rings. The second kappa shape index (κ2) is 6.60. The van der Waals surface area contributed by atoms with E-state index < -0.39 is 11.7 Å². The van der Waals surface area contributed by atoms with Gasteiger partial charge in [-0.1, -0.05) is 42.8 Å². The van der Waals surface area contributed by atoms with Crippen molar-refractivity contribution in [2.75, 3.05) is 11.9 Å². The zero-order chi connectivity index (χ0) is 19.2. The molecule has 1 aliphatic heterocycles. The van der Waals surface area contributed by atoms with Gasteiger partial charge in [-0.25, -0.2) is 4.68 Å². The molecule has 0 aliphatic carbocycles. The first kappa shape index (κ1) is 17.9. The van der Waals surface area contributed by atoms with Crippen LogP contribution in [0.5, 0.6) is 0 Å². The lowest BCUT2D eigenvalue weighted by Crippen LogP contribution is -2.07. The lowest BCUT2D eigenvalue weighted by atomic mass is 10.0. The van der Waals surface area contributed by atoms with Crippen molar-refractivity contribution >= 4 is 17.4 Å². The predicted octanol–water partition coefficient (Wildman–Crippen LogP) is 5.74. The molecule has 2 heterocycles. The van der Waals surface area contributed by atoms with E-state index in [0.29, 0.717) is 17.7 Å². The SMILES string of the molecule is CCc1ccccc1-n1nc(-c2ccc(Cl)c(C(F)(F)F)c2)c2c1NCC2. The third-order valence-electron chi connectivity index (χ3n) is 4.80. The number of alkyl halides is 3. The van der Waals surface area contributed by atoms with Crippen molar-refractivity contribution in [3.63, 3.8) is 0 Å². The molecule has 7 heteroatoms. The number of rotatable bonds is 3. The van der Waals surface area contributed by atoms with Crippen molar-refractivity contribution in [2.24, 2.45) is 0 Å². The molecule has 2 aromatic carbocycles. The van der Waals surface area contributed by atoms with Gasteiger partial charge in [-0.05, 0) is 36.6 Å². The number of benzene rings is 2. The Kier molecular flexibility index (Phi) is 4.38. The minimum absolute atomic E-state index is 0.309. The Morgan fingerprint density at radius 1 is 1.19 bits per heavy atom. The molecule has 0 bridgehead atoms. The largest absolute Gasteiger partial charge is 0.417 e. The summed E-state index contributed by atoms with van der Waals surface area (Å²) in [6, 6.07) is 11.9. The summed E-state index contributed by atoms with van der Waals surface area (Å²) < 4.78 is 41.6. The van der Waals surface area contributed by atoms with Gasteiger partial charge < -0.3 is 5.32 Å². The molecule has 0 saturated carbocycles. The standard InChI is InChI=1S/C20H17ClF3N3/c1-2-12-5-3-4-6-17(12)27-19-14(9-10-25-19)18(26-27)13-7-8-16(21)15(11-13)20(22,23)24/h3-8,11,25H,2,9-10H2,1H3. The first-order valence-corrected chi connectivity index (χ1v) is 9.09. The fourth-order valence-electron chi connectivity index (χ4n) is 3.49. The van der Waals surface area contributed by atoms with Crippen molar-refractivity contribution in [1.82, 2.24) is 9.78 Å². The summed E-state index contributed by atoms with van der Waals surface area (Å²) in [6.45, 7) is 2.79. The normalized spacial score (nSPS) is 13.5. The summed E-state index contributed by atoms with van der Waals surface area (Å²) in [4.78, 5) is 0. The van der Waals surface area contributed by atoms with E-state index in [1.807, 2.05) is 24.3 Å². The van der Waals surface area contributed by atoms with Crippen molar-refractivity contribution in [3.8, 4) is 16.9 Å². The van der Waals surface area contributed by atoms with E-state index in [2.05, 4.69) is 17.3 Å². The number of aryl methyl sites for hydroxylation is 1. The van der Waals surface area contributed by atoms with Crippen molar-refractivity contribution in [3.05, 3.63) is 64.2 Å². The van der Waals surface area contributed by atoms with Gasteiger partial charge in [-0.3, -0.25) is 0 Å². The van der Waals surface area contributed by atoms with Gasteiger partial charge in [0.2, 0.25) is 0 Å². The summed E-state index contributed by atoms with van der Waals surface area (Å²) in [5.74, 6) is 0.842. The number of para-hydroxylation sites is 1. The molecule has 3 nitrogen and oxygen atoms in total. The van der Waals surface area contributed by atoms with Gasteiger partial charge >= 0.3 is 6.18 Å². The Balaban J connectivity index is 1.90. The maximum atomic E-state index is 13.3. The molecule has 3 aromatic rings. The monoisotopic (exact) mass is 391 g/mol. The topological polar surface area (TPSA) is 29.9 Å². The molecule has 0 atom stereocenters. The molecule has 0 unspecified atom stereocenters. The number of halogens is 4. The third-order valence-corrected chi connectivity index (χ3v) is 5.13. The highest BCUT2D eigenvalue weighted by Crippen LogP contribution is 2.40. The van der Waals surface area contributed by atoms with Gasteiger partial charge in [0.25, 0.3) is 0 Å². The van der Waals surface area contributed by atoms with Gasteiger partial charge in [-0.15, -0.1) is 0 Å². The molecule has 140 valence electrons. The molecule has 1 N–H and O–H groups in total. The van der Waals surface area contributed by atoms with E-state index >= 15 is 0 Å². The second-order valence-corrected chi connectivity index (χ2v) is 6.85. The van der Waals surface area contributed by atoms with E-state index in [0.717, 1.165) is 41.7 Å². The number of nitrogens with one attached hydrogen (secondary N) is 1. The van der Waals surface area contributed by atoms with Crippen LogP contribution in [0.3, 0.4) is 0 Å². The Hall–Kier alpha value is -2.47. The Bertz CT molecular complexity index is 1010. The maximum absolute atomic E-state index is 13.3. The number of hydrogen-bond acceptors (Lipinski definition) is 2. The van der Waals surface area contributed by atoms with Gasteiger partial charge in [0.15, 0.2) is 0 Å². The predicted molar refractivity (Wildman–Crippen MR) is 101 cm³/mol. The molecule has 0 fully saturated rings. The van der Waals surface area contributed by atoms with E-state index in [1.54, 1.807) is 10.7 Å². The average molecular weight is 392 g/mol. The summed E-state index contributed by atoms with van der Waals surface area (Å²) in [7, 11) is 0. The number of fused-ring (bicyclic) bond motifs is 1. The molecular weight excluding hydrogens is 375 g/mol. The highest BCUT2D eigenvalue weighted by atomic mass is 35.5. The molecule has 27 heavy (non-hydrogen) atoms. The minimum Gasteiger partial charge on any atom is -0.369 e. The van der Waals surface area contributed by atoms with Crippen LogP contribution in [0, 0.1) is 0 Å². The summed E-state index contributed by atoms with van der Waals surface area (Å²) in [5.41, 5.74) is 3.11. The zero-order valence-electron chi connectivity index (χ0n) is 14.6. The first-order valence-electron chi connectivity index (χ1n) is 8.71. The third kappa shape index (κ3) is 3.08. The Morgan fingerprint density at radius 3 is 2.70 bits per heavy atom. The number of nitrogens with zero attached hydrogens (tertiary/aromatic N) is 2. The van der Waals surface area contributed by atoms with Gasteiger partial charge in [0.1, 0.15) is 5.82 Å². The second-order valence-electron chi connectivity index (χ2n) is 6.44. The van der Waals surface area contributed by atoms with E-state index in [4.69, 9.17) is 11.6 Å². The lowest BCUT2D eigenvalue weighted by molar-refractivity contribution is -0.137.